The first-order chi connectivity index (χ1) is 17.1. The van der Waals surface area contributed by atoms with Crippen LogP contribution in [0.2, 0.25) is 0 Å². The van der Waals surface area contributed by atoms with Crippen LogP contribution in [0, 0.1) is 0 Å². The number of thioether (sulfide) groups is 1. The summed E-state index contributed by atoms with van der Waals surface area (Å²) in [6, 6.07) is 15.0. The Morgan fingerprint density at radius 1 is 1.11 bits per heavy atom. The smallest absolute Gasteiger partial charge is 0.337 e. The van der Waals surface area contributed by atoms with Gasteiger partial charge in [-0.2, -0.15) is 5.10 Å². The third-order valence-corrected chi connectivity index (χ3v) is 7.11. The first-order valence-electron chi connectivity index (χ1n) is 11.1. The molecule has 3 heterocycles. The van der Waals surface area contributed by atoms with E-state index in [1.165, 1.54) is 24.4 Å². The molecule has 35 heavy (non-hydrogen) atoms. The second-order valence-corrected chi connectivity index (χ2v) is 9.19. The zero-order valence-electron chi connectivity index (χ0n) is 19.3. The molecule has 182 valence electrons. The van der Waals surface area contributed by atoms with Crippen molar-refractivity contribution in [3.63, 3.8) is 0 Å². The molecule has 3 aliphatic rings. The minimum absolute atomic E-state index is 0.0211. The van der Waals surface area contributed by atoms with Crippen LogP contribution in [0.3, 0.4) is 0 Å². The molecule has 0 bridgehead atoms. The number of hydrazone groups is 1. The average Bonchev–Trinajstić information content (AvgIpc) is 3.51. The van der Waals surface area contributed by atoms with E-state index in [1.54, 1.807) is 31.4 Å². The molecule has 0 saturated carbocycles. The number of anilines is 1. The summed E-state index contributed by atoms with van der Waals surface area (Å²) < 4.78 is 9.95. The largest absolute Gasteiger partial charge is 0.497 e. The van der Waals surface area contributed by atoms with Gasteiger partial charge in [-0.3, -0.25) is 10.2 Å². The molecule has 10 nitrogen and oxygen atoms in total. The number of nitrogens with one attached hydrogen (secondary N) is 3. The van der Waals surface area contributed by atoms with E-state index in [1.807, 2.05) is 24.5 Å². The van der Waals surface area contributed by atoms with Gasteiger partial charge in [0.15, 0.2) is 5.17 Å². The first-order valence-corrected chi connectivity index (χ1v) is 12.1. The third-order valence-electron chi connectivity index (χ3n) is 6.15. The molecule has 0 radical (unpaired) electrons. The number of carbonyl (C=O) groups is 2. The van der Waals surface area contributed by atoms with E-state index in [4.69, 9.17) is 4.74 Å². The Labute approximate surface area is 207 Å². The number of benzene rings is 2. The molecule has 3 atom stereocenters. The summed E-state index contributed by atoms with van der Waals surface area (Å²) in [6.45, 7) is 0. The van der Waals surface area contributed by atoms with Gasteiger partial charge < -0.3 is 24.7 Å². The first kappa shape index (κ1) is 23.1. The normalized spacial score (nSPS) is 22.1. The number of fused-ring (bicyclic) bond motifs is 3. The highest BCUT2D eigenvalue weighted by Crippen LogP contribution is 2.35. The van der Waals surface area contributed by atoms with Crippen LogP contribution >= 0.6 is 11.8 Å². The second kappa shape index (κ2) is 9.88. The standard InChI is InChI=1S/C24H26N6O4S/c1-33-18-9-5-15(6-10-18)19-13-20-22-26-27-24(29(22)11-12-30(20)28-19)35-14-21(31)25-17-7-3-16(4-8-17)23(32)34-2/h3-12,19-20,22,26,28H,13-14H2,1-2H3,(H,25,31). The van der Waals surface area contributed by atoms with Gasteiger partial charge in [-0.15, -0.1) is 0 Å². The molecular formula is C24H26N6O4S. The highest BCUT2D eigenvalue weighted by atomic mass is 32.2. The predicted octanol–water partition coefficient (Wildman–Crippen LogP) is 2.46. The zero-order chi connectivity index (χ0) is 24.4. The summed E-state index contributed by atoms with van der Waals surface area (Å²) in [6.07, 6.45) is 4.86. The molecule has 3 unspecified atom stereocenters. The van der Waals surface area contributed by atoms with Crippen LogP contribution in [-0.2, 0) is 9.53 Å². The molecule has 1 fully saturated rings. The van der Waals surface area contributed by atoms with Crippen LogP contribution < -0.4 is 20.9 Å². The molecule has 0 aromatic heterocycles. The Bertz CT molecular complexity index is 1150. The van der Waals surface area contributed by atoms with Crippen molar-refractivity contribution in [1.29, 1.82) is 0 Å². The number of rotatable bonds is 6. The maximum atomic E-state index is 12.5. The summed E-state index contributed by atoms with van der Waals surface area (Å²) in [4.78, 5) is 26.1. The molecule has 0 aliphatic carbocycles. The van der Waals surface area contributed by atoms with E-state index in [2.05, 4.69) is 48.0 Å². The Kier molecular flexibility index (Phi) is 6.51. The van der Waals surface area contributed by atoms with Gasteiger partial charge >= 0.3 is 5.97 Å². The number of methoxy groups -OCH3 is 2. The SMILES string of the molecule is COC(=O)c1ccc(NC(=O)CSC2=NNC3C4CC(c5ccc(OC)cc5)NN4C=CN23)cc1. The van der Waals surface area contributed by atoms with Crippen molar-refractivity contribution in [3.8, 4) is 5.75 Å². The van der Waals surface area contributed by atoms with E-state index in [-0.39, 0.29) is 29.9 Å². The summed E-state index contributed by atoms with van der Waals surface area (Å²) in [5, 5.41) is 10.2. The van der Waals surface area contributed by atoms with Gasteiger partial charge in [-0.25, -0.2) is 10.2 Å². The van der Waals surface area contributed by atoms with Crippen molar-refractivity contribution in [1.82, 2.24) is 20.8 Å². The van der Waals surface area contributed by atoms with Crippen molar-refractivity contribution >= 4 is 34.5 Å². The Morgan fingerprint density at radius 2 is 1.89 bits per heavy atom. The van der Waals surface area contributed by atoms with Crippen LogP contribution in [0.4, 0.5) is 5.69 Å². The minimum Gasteiger partial charge on any atom is -0.497 e. The summed E-state index contributed by atoms with van der Waals surface area (Å²) in [7, 11) is 3.00. The molecule has 1 amide bonds. The Hall–Kier alpha value is -3.70. The molecule has 3 aliphatic heterocycles. The number of hydrogen-bond acceptors (Lipinski definition) is 10. The summed E-state index contributed by atoms with van der Waals surface area (Å²) >= 11 is 1.37. The Balaban J connectivity index is 1.14. The fraction of sp³-hybridized carbons (Fsp3) is 0.292. The number of hydrazine groups is 1. The van der Waals surface area contributed by atoms with Crippen molar-refractivity contribution in [2.24, 2.45) is 5.10 Å². The number of amidine groups is 1. The van der Waals surface area contributed by atoms with E-state index < -0.39 is 5.97 Å². The van der Waals surface area contributed by atoms with Crippen molar-refractivity contribution < 1.29 is 19.1 Å². The van der Waals surface area contributed by atoms with Crippen LogP contribution in [0.15, 0.2) is 66.0 Å². The van der Waals surface area contributed by atoms with E-state index in [0.29, 0.717) is 11.3 Å². The van der Waals surface area contributed by atoms with E-state index in [9.17, 15) is 9.59 Å². The number of esters is 1. The molecule has 1 saturated heterocycles. The molecule has 3 N–H and O–H groups in total. The van der Waals surface area contributed by atoms with Crippen LogP contribution in [-0.4, -0.2) is 59.1 Å². The van der Waals surface area contributed by atoms with Gasteiger partial charge in [0.2, 0.25) is 5.91 Å². The molecule has 2 aromatic rings. The van der Waals surface area contributed by atoms with E-state index in [0.717, 1.165) is 17.3 Å². The molecule has 2 aromatic carbocycles. The average molecular weight is 495 g/mol. The van der Waals surface area contributed by atoms with Gasteiger partial charge in [0.1, 0.15) is 11.9 Å². The lowest BCUT2D eigenvalue weighted by Crippen LogP contribution is -2.54. The lowest BCUT2D eigenvalue weighted by atomic mass is 10.00. The Morgan fingerprint density at radius 3 is 2.60 bits per heavy atom. The van der Waals surface area contributed by atoms with Gasteiger partial charge in [0.25, 0.3) is 0 Å². The minimum atomic E-state index is -0.416. The topological polar surface area (TPSA) is 108 Å². The fourth-order valence-corrected chi connectivity index (χ4v) is 5.11. The van der Waals surface area contributed by atoms with Crippen LogP contribution in [0.25, 0.3) is 0 Å². The van der Waals surface area contributed by atoms with Crippen LogP contribution in [0.1, 0.15) is 28.4 Å². The zero-order valence-corrected chi connectivity index (χ0v) is 20.1. The number of amides is 1. The van der Waals surface area contributed by atoms with Crippen LogP contribution in [0.5, 0.6) is 5.75 Å². The second-order valence-electron chi connectivity index (χ2n) is 8.24. The fourth-order valence-electron chi connectivity index (χ4n) is 4.34. The number of hydrogen-bond donors (Lipinski definition) is 3. The predicted molar refractivity (Wildman–Crippen MR) is 133 cm³/mol. The summed E-state index contributed by atoms with van der Waals surface area (Å²) in [5.41, 5.74) is 9.03. The number of ether oxygens (including phenoxy) is 2. The molecule has 0 spiro atoms. The van der Waals surface area contributed by atoms with Gasteiger partial charge in [0.05, 0.1) is 37.6 Å². The van der Waals surface area contributed by atoms with Gasteiger partial charge in [-0.05, 0) is 48.4 Å². The summed E-state index contributed by atoms with van der Waals surface area (Å²) in [5.74, 6) is 0.472. The lowest BCUT2D eigenvalue weighted by Gasteiger charge is -2.36. The lowest BCUT2D eigenvalue weighted by molar-refractivity contribution is -0.113. The quantitative estimate of drug-likeness (QED) is 0.522. The third kappa shape index (κ3) is 4.77. The highest BCUT2D eigenvalue weighted by molar-refractivity contribution is 8.14. The number of nitrogens with zero attached hydrogens (tertiary/aromatic N) is 3. The van der Waals surface area contributed by atoms with E-state index >= 15 is 0 Å². The maximum Gasteiger partial charge on any atom is 0.337 e. The molecular weight excluding hydrogens is 468 g/mol. The van der Waals surface area contributed by atoms with Crippen molar-refractivity contribution in [3.05, 3.63) is 72.1 Å². The van der Waals surface area contributed by atoms with Crippen molar-refractivity contribution in [2.45, 2.75) is 24.7 Å². The highest BCUT2D eigenvalue weighted by Gasteiger charge is 2.44. The monoisotopic (exact) mass is 494 g/mol. The molecule has 5 rings (SSSR count). The number of carbonyl (C=O) groups excluding carboxylic acids is 2. The maximum absolute atomic E-state index is 12.5. The van der Waals surface area contributed by atoms with Gasteiger partial charge in [0, 0.05) is 18.1 Å². The van der Waals surface area contributed by atoms with Gasteiger partial charge in [-0.1, -0.05) is 23.9 Å². The van der Waals surface area contributed by atoms with Crippen molar-refractivity contribution in [2.75, 3.05) is 25.3 Å². The molecule has 11 heteroatoms.